The van der Waals surface area contributed by atoms with Crippen LogP contribution in [0.15, 0.2) is 83.8 Å². The van der Waals surface area contributed by atoms with Crippen LogP contribution >= 0.6 is 23.4 Å². The van der Waals surface area contributed by atoms with Gasteiger partial charge in [-0.05, 0) is 69.2 Å². The molecule has 5 heteroatoms. The molecule has 1 heterocycles. The molecule has 1 fully saturated rings. The summed E-state index contributed by atoms with van der Waals surface area (Å²) in [5.41, 5.74) is 1.42. The van der Waals surface area contributed by atoms with Crippen molar-refractivity contribution >= 4 is 67.8 Å². The lowest BCUT2D eigenvalue weighted by Crippen LogP contribution is -2.27. The van der Waals surface area contributed by atoms with Gasteiger partial charge in [-0.15, -0.1) is 0 Å². The first kappa shape index (κ1) is 18.0. The van der Waals surface area contributed by atoms with Gasteiger partial charge in [-0.3, -0.25) is 9.59 Å². The molecule has 0 aliphatic carbocycles. The third-order valence-corrected chi connectivity index (χ3v) is 6.05. The van der Waals surface area contributed by atoms with Crippen LogP contribution in [0.4, 0.5) is 10.5 Å². The summed E-state index contributed by atoms with van der Waals surface area (Å²) in [6.45, 7) is 0. The van der Waals surface area contributed by atoms with Crippen molar-refractivity contribution in [3.8, 4) is 0 Å². The van der Waals surface area contributed by atoms with Gasteiger partial charge in [-0.1, -0.05) is 66.2 Å². The first-order valence-corrected chi connectivity index (χ1v) is 10.3. The van der Waals surface area contributed by atoms with Gasteiger partial charge in [0.1, 0.15) is 0 Å². The van der Waals surface area contributed by atoms with E-state index in [0.717, 1.165) is 38.9 Å². The molecule has 5 rings (SSSR count). The van der Waals surface area contributed by atoms with Crippen LogP contribution in [-0.4, -0.2) is 11.1 Å². The Kier molecular flexibility index (Phi) is 4.38. The molecule has 0 unspecified atom stereocenters. The van der Waals surface area contributed by atoms with Gasteiger partial charge >= 0.3 is 0 Å². The highest BCUT2D eigenvalue weighted by Gasteiger charge is 2.36. The summed E-state index contributed by atoms with van der Waals surface area (Å²) in [5, 5.41) is 4.41. The molecule has 29 heavy (non-hydrogen) atoms. The zero-order valence-electron chi connectivity index (χ0n) is 15.1. The second-order valence-corrected chi connectivity index (χ2v) is 8.16. The van der Waals surface area contributed by atoms with Gasteiger partial charge in [0.25, 0.3) is 11.1 Å². The Balaban J connectivity index is 1.68. The Labute approximate surface area is 176 Å². The molecule has 0 radical (unpaired) electrons. The van der Waals surface area contributed by atoms with Gasteiger partial charge in [-0.2, -0.15) is 0 Å². The number of imide groups is 1. The molecule has 0 spiro atoms. The predicted octanol–water partition coefficient (Wildman–Crippen LogP) is 6.89. The molecule has 4 aromatic rings. The molecule has 1 aliphatic rings. The van der Waals surface area contributed by atoms with E-state index >= 15 is 0 Å². The molecule has 4 aromatic carbocycles. The number of benzene rings is 4. The number of amides is 2. The minimum Gasteiger partial charge on any atom is -0.268 e. The normalized spacial score (nSPS) is 15.8. The van der Waals surface area contributed by atoms with E-state index in [9.17, 15) is 9.59 Å². The van der Waals surface area contributed by atoms with Gasteiger partial charge in [0, 0.05) is 5.02 Å². The van der Waals surface area contributed by atoms with E-state index in [4.69, 9.17) is 11.6 Å². The molecule has 140 valence electrons. The first-order valence-electron chi connectivity index (χ1n) is 9.06. The molecule has 1 aliphatic heterocycles. The quantitative estimate of drug-likeness (QED) is 0.264. The van der Waals surface area contributed by atoms with E-state index < -0.39 is 0 Å². The minimum absolute atomic E-state index is 0.326. The van der Waals surface area contributed by atoms with Crippen molar-refractivity contribution in [2.75, 3.05) is 4.90 Å². The Morgan fingerprint density at radius 3 is 2.10 bits per heavy atom. The lowest BCUT2D eigenvalue weighted by atomic mass is 9.96. The molecule has 1 saturated heterocycles. The Hall–Kier alpha value is -3.08. The second kappa shape index (κ2) is 7.07. The van der Waals surface area contributed by atoms with Crippen LogP contribution in [0.1, 0.15) is 5.56 Å². The zero-order chi connectivity index (χ0) is 20.0. The average Bonchev–Trinajstić information content (AvgIpc) is 3.01. The number of carbonyl (C=O) groups is 2. The van der Waals surface area contributed by atoms with Crippen LogP contribution in [0.3, 0.4) is 0 Å². The molecule has 0 aromatic heterocycles. The molecular weight excluding hydrogens is 402 g/mol. The molecular formula is C24H14ClNO2S. The molecule has 0 atom stereocenters. The fourth-order valence-corrected chi connectivity index (χ4v) is 4.65. The van der Waals surface area contributed by atoms with Gasteiger partial charge < -0.3 is 0 Å². The third-order valence-electron chi connectivity index (χ3n) is 4.95. The summed E-state index contributed by atoms with van der Waals surface area (Å²) in [6.07, 6.45) is 1.83. The number of rotatable bonds is 2. The van der Waals surface area contributed by atoms with E-state index in [-0.39, 0.29) is 11.1 Å². The Bertz CT molecular complexity index is 1290. The van der Waals surface area contributed by atoms with Crippen molar-refractivity contribution in [2.45, 2.75) is 0 Å². The maximum absolute atomic E-state index is 13.1. The standard InChI is InChI=1S/C24H14ClNO2S/c25-17-8-5-9-18(13-17)26-23(27)22(29-24(26)28)14-21-19-10-3-1-6-15(19)12-16-7-2-4-11-20(16)21/h1-14H. The number of nitrogens with zero attached hydrogens (tertiary/aromatic N) is 1. The van der Waals surface area contributed by atoms with Crippen LogP contribution in [0.2, 0.25) is 5.02 Å². The van der Waals surface area contributed by atoms with Gasteiger partial charge in [0.15, 0.2) is 0 Å². The minimum atomic E-state index is -0.334. The van der Waals surface area contributed by atoms with Gasteiger partial charge in [-0.25, -0.2) is 4.90 Å². The Morgan fingerprint density at radius 2 is 1.45 bits per heavy atom. The molecule has 0 saturated carbocycles. The molecule has 0 N–H and O–H groups in total. The summed E-state index contributed by atoms with van der Waals surface area (Å²) in [6, 6.07) is 25.0. The van der Waals surface area contributed by atoms with Crippen molar-refractivity contribution < 1.29 is 9.59 Å². The highest BCUT2D eigenvalue weighted by molar-refractivity contribution is 8.19. The lowest BCUT2D eigenvalue weighted by Gasteiger charge is -2.12. The van der Waals surface area contributed by atoms with Crippen LogP contribution in [0.5, 0.6) is 0 Å². The topological polar surface area (TPSA) is 37.4 Å². The SMILES string of the molecule is O=C1SC(=Cc2c3ccccc3cc3ccccc23)C(=O)N1c1cccc(Cl)c1. The third kappa shape index (κ3) is 3.11. The highest BCUT2D eigenvalue weighted by atomic mass is 35.5. The van der Waals surface area contributed by atoms with E-state index in [1.165, 1.54) is 4.90 Å². The van der Waals surface area contributed by atoms with Crippen molar-refractivity contribution in [3.63, 3.8) is 0 Å². The van der Waals surface area contributed by atoms with Crippen molar-refractivity contribution in [1.29, 1.82) is 0 Å². The number of hydrogen-bond acceptors (Lipinski definition) is 3. The second-order valence-electron chi connectivity index (χ2n) is 6.73. The molecule has 2 amide bonds. The van der Waals surface area contributed by atoms with Crippen molar-refractivity contribution in [2.24, 2.45) is 0 Å². The number of thioether (sulfide) groups is 1. The largest absolute Gasteiger partial charge is 0.298 e. The fourth-order valence-electron chi connectivity index (χ4n) is 3.64. The Morgan fingerprint density at radius 1 is 0.793 bits per heavy atom. The summed E-state index contributed by atoms with van der Waals surface area (Å²) >= 11 is 6.99. The van der Waals surface area contributed by atoms with Crippen molar-refractivity contribution in [1.82, 2.24) is 0 Å². The van der Waals surface area contributed by atoms with Crippen LogP contribution in [0.25, 0.3) is 27.6 Å². The summed E-state index contributed by atoms with van der Waals surface area (Å²) in [5.74, 6) is -0.334. The fraction of sp³-hybridized carbons (Fsp3) is 0. The number of halogens is 1. The van der Waals surface area contributed by atoms with Crippen LogP contribution in [-0.2, 0) is 4.79 Å². The smallest absolute Gasteiger partial charge is 0.268 e. The summed E-state index contributed by atoms with van der Waals surface area (Å²) in [7, 11) is 0. The van der Waals surface area contributed by atoms with E-state index in [2.05, 4.69) is 18.2 Å². The number of carbonyl (C=O) groups excluding carboxylic acids is 2. The molecule has 3 nitrogen and oxygen atoms in total. The van der Waals surface area contributed by atoms with E-state index in [0.29, 0.717) is 15.6 Å². The van der Waals surface area contributed by atoms with E-state index in [1.807, 2.05) is 42.5 Å². The monoisotopic (exact) mass is 415 g/mol. The highest BCUT2D eigenvalue weighted by Crippen LogP contribution is 2.38. The van der Waals surface area contributed by atoms with Crippen LogP contribution in [0, 0.1) is 0 Å². The first-order chi connectivity index (χ1) is 14.1. The van der Waals surface area contributed by atoms with Crippen LogP contribution < -0.4 is 4.90 Å². The van der Waals surface area contributed by atoms with Gasteiger partial charge in [0.2, 0.25) is 0 Å². The average molecular weight is 416 g/mol. The predicted molar refractivity (Wildman–Crippen MR) is 121 cm³/mol. The number of hydrogen-bond donors (Lipinski definition) is 0. The zero-order valence-corrected chi connectivity index (χ0v) is 16.7. The lowest BCUT2D eigenvalue weighted by molar-refractivity contribution is -0.113. The molecule has 0 bridgehead atoms. The van der Waals surface area contributed by atoms with E-state index in [1.54, 1.807) is 24.3 Å². The van der Waals surface area contributed by atoms with Crippen molar-refractivity contribution in [3.05, 3.63) is 94.4 Å². The maximum Gasteiger partial charge on any atom is 0.298 e. The summed E-state index contributed by atoms with van der Waals surface area (Å²) < 4.78 is 0. The van der Waals surface area contributed by atoms with Gasteiger partial charge in [0.05, 0.1) is 10.6 Å². The maximum atomic E-state index is 13.1. The number of anilines is 1. The number of fused-ring (bicyclic) bond motifs is 2. The summed E-state index contributed by atoms with van der Waals surface area (Å²) in [4.78, 5) is 27.3.